The van der Waals surface area contributed by atoms with Gasteiger partial charge in [-0.25, -0.2) is 9.67 Å². The van der Waals surface area contributed by atoms with Gasteiger partial charge >= 0.3 is 7.12 Å². The van der Waals surface area contributed by atoms with Gasteiger partial charge in [0, 0.05) is 6.42 Å². The molecule has 3 rings (SSSR count). The number of nitrogens with zero attached hydrogens (tertiary/aromatic N) is 4. The molecule has 0 bridgehead atoms. The van der Waals surface area contributed by atoms with Crippen molar-refractivity contribution in [3.8, 4) is 6.07 Å². The van der Waals surface area contributed by atoms with E-state index in [1.165, 1.54) is 17.3 Å². The fourth-order valence-electron chi connectivity index (χ4n) is 3.31. The summed E-state index contributed by atoms with van der Waals surface area (Å²) in [7, 11) is -1.64. The first-order valence-corrected chi connectivity index (χ1v) is 10.3. The Labute approximate surface area is 187 Å². The molecule has 1 heterocycles. The molecule has 2 aromatic carbocycles. The molecule has 0 spiro atoms. The first-order valence-electron chi connectivity index (χ1n) is 10.3. The van der Waals surface area contributed by atoms with Gasteiger partial charge in [-0.1, -0.05) is 54.6 Å². The van der Waals surface area contributed by atoms with Crippen LogP contribution in [0.4, 0.5) is 0 Å². The minimum atomic E-state index is -1.64. The summed E-state index contributed by atoms with van der Waals surface area (Å²) in [5, 5.41) is 35.3. The topological polar surface area (TPSA) is 124 Å². The Balaban J connectivity index is 1.53. The molecular formula is C23H24BN5O3. The number of hydrogen-bond acceptors (Lipinski definition) is 6. The molecular weight excluding hydrogens is 405 g/mol. The van der Waals surface area contributed by atoms with Crippen molar-refractivity contribution in [2.24, 2.45) is 0 Å². The van der Waals surface area contributed by atoms with Gasteiger partial charge in [0.05, 0.1) is 5.94 Å². The third-order valence-electron chi connectivity index (χ3n) is 4.91. The second kappa shape index (κ2) is 11.6. The van der Waals surface area contributed by atoms with Crippen LogP contribution in [0.25, 0.3) is 11.8 Å². The zero-order chi connectivity index (χ0) is 22.8. The minimum Gasteiger partial charge on any atom is -0.426 e. The largest absolute Gasteiger partial charge is 0.475 e. The molecule has 1 unspecified atom stereocenters. The van der Waals surface area contributed by atoms with Crippen LogP contribution in [0.5, 0.6) is 0 Å². The highest BCUT2D eigenvalue weighted by Gasteiger charge is 2.25. The molecule has 0 aliphatic carbocycles. The lowest BCUT2D eigenvalue weighted by Gasteiger charge is -2.18. The van der Waals surface area contributed by atoms with Gasteiger partial charge < -0.3 is 15.4 Å². The van der Waals surface area contributed by atoms with Crippen LogP contribution in [0.1, 0.15) is 29.5 Å². The number of hydrogen-bond donors (Lipinski definition) is 3. The second-order valence-corrected chi connectivity index (χ2v) is 7.36. The van der Waals surface area contributed by atoms with E-state index in [2.05, 4.69) is 21.5 Å². The van der Waals surface area contributed by atoms with Gasteiger partial charge in [0.25, 0.3) is 0 Å². The zero-order valence-corrected chi connectivity index (χ0v) is 17.5. The lowest BCUT2D eigenvalue weighted by molar-refractivity contribution is -0.121. The van der Waals surface area contributed by atoms with Crippen LogP contribution in [0.3, 0.4) is 0 Å². The van der Waals surface area contributed by atoms with E-state index in [0.29, 0.717) is 25.0 Å². The molecule has 1 aromatic heterocycles. The number of amides is 1. The van der Waals surface area contributed by atoms with Gasteiger partial charge in [-0.2, -0.15) is 10.4 Å². The highest BCUT2D eigenvalue weighted by molar-refractivity contribution is 6.43. The summed E-state index contributed by atoms with van der Waals surface area (Å²) in [6, 6.07) is 19.2. The average Bonchev–Trinajstić information content (AvgIpc) is 3.33. The average molecular weight is 429 g/mol. The van der Waals surface area contributed by atoms with Gasteiger partial charge in [0.2, 0.25) is 5.91 Å². The van der Waals surface area contributed by atoms with Gasteiger partial charge in [-0.15, -0.1) is 0 Å². The molecule has 8 nitrogen and oxygen atoms in total. The molecule has 0 saturated carbocycles. The maximum absolute atomic E-state index is 12.3. The summed E-state index contributed by atoms with van der Waals surface area (Å²) in [4.78, 5) is 16.2. The van der Waals surface area contributed by atoms with Gasteiger partial charge in [-0.05, 0) is 42.0 Å². The number of rotatable bonds is 10. The standard InChI is InChI=1S/C23H24BN5O3/c25-15-21(29-17-26-16-27-29)13-20-10-4-8-18(12-20)9-5-11-23(30)28-22(24(31)32)14-19-6-2-1-3-7-19/h1-4,6-8,10,12-13,16-17,22,31-32H,5,9,11,14H2,(H,28,30). The van der Waals surface area contributed by atoms with Crippen LogP contribution in [0, 0.1) is 11.3 Å². The summed E-state index contributed by atoms with van der Waals surface area (Å²) in [5.74, 6) is -0.993. The smallest absolute Gasteiger partial charge is 0.426 e. The highest BCUT2D eigenvalue weighted by Crippen LogP contribution is 2.14. The Morgan fingerprint density at radius 1 is 1.19 bits per heavy atom. The van der Waals surface area contributed by atoms with Gasteiger partial charge in [0.1, 0.15) is 24.4 Å². The number of carbonyl (C=O) groups excluding carboxylic acids is 1. The van der Waals surface area contributed by atoms with E-state index in [9.17, 15) is 20.1 Å². The first-order chi connectivity index (χ1) is 15.5. The predicted molar refractivity (Wildman–Crippen MR) is 121 cm³/mol. The van der Waals surface area contributed by atoms with E-state index in [-0.39, 0.29) is 12.3 Å². The Hall–Kier alpha value is -3.74. The van der Waals surface area contributed by atoms with Gasteiger partial charge in [0.15, 0.2) is 0 Å². The minimum absolute atomic E-state index is 0.229. The third kappa shape index (κ3) is 6.91. The maximum Gasteiger partial charge on any atom is 0.475 e. The van der Waals surface area contributed by atoms with E-state index < -0.39 is 13.1 Å². The predicted octanol–water partition coefficient (Wildman–Crippen LogP) is 1.86. The fraction of sp³-hybridized carbons (Fsp3) is 0.217. The van der Waals surface area contributed by atoms with Crippen molar-refractivity contribution in [2.75, 3.05) is 0 Å². The number of aryl methyl sites for hydroxylation is 1. The zero-order valence-electron chi connectivity index (χ0n) is 17.5. The van der Waals surface area contributed by atoms with Crippen LogP contribution in [0.15, 0.2) is 67.3 Å². The van der Waals surface area contributed by atoms with Gasteiger partial charge in [-0.3, -0.25) is 4.79 Å². The van der Waals surface area contributed by atoms with E-state index in [1.807, 2.05) is 54.6 Å². The first kappa shape index (κ1) is 22.9. The Kier molecular flexibility index (Phi) is 8.32. The number of nitrogens with one attached hydrogen (secondary N) is 1. The number of benzene rings is 2. The van der Waals surface area contributed by atoms with Crippen LogP contribution < -0.4 is 5.32 Å². The molecule has 32 heavy (non-hydrogen) atoms. The van der Waals surface area contributed by atoms with E-state index >= 15 is 0 Å². The summed E-state index contributed by atoms with van der Waals surface area (Å²) in [6.45, 7) is 0. The van der Waals surface area contributed by atoms with Crippen LogP contribution in [-0.4, -0.2) is 43.8 Å². The maximum atomic E-state index is 12.3. The number of nitriles is 1. The summed E-state index contributed by atoms with van der Waals surface area (Å²) in [6.07, 6.45) is 6.44. The molecule has 1 atom stereocenters. The Morgan fingerprint density at radius 3 is 2.66 bits per heavy atom. The van der Waals surface area contributed by atoms with Crippen LogP contribution in [0.2, 0.25) is 0 Å². The van der Waals surface area contributed by atoms with Crippen LogP contribution in [-0.2, 0) is 17.6 Å². The lowest BCUT2D eigenvalue weighted by atomic mass is 9.76. The third-order valence-corrected chi connectivity index (χ3v) is 4.91. The molecule has 3 aromatic rings. The molecule has 0 aliphatic heterocycles. The molecule has 1 amide bonds. The summed E-state index contributed by atoms with van der Waals surface area (Å²) in [5.41, 5.74) is 3.15. The second-order valence-electron chi connectivity index (χ2n) is 7.36. The number of aromatic nitrogens is 3. The van der Waals surface area contributed by atoms with Crippen molar-refractivity contribution in [1.82, 2.24) is 20.1 Å². The van der Waals surface area contributed by atoms with E-state index in [0.717, 1.165) is 16.7 Å². The van der Waals surface area contributed by atoms with Crippen molar-refractivity contribution >= 4 is 24.8 Å². The van der Waals surface area contributed by atoms with Crippen molar-refractivity contribution in [1.29, 1.82) is 5.26 Å². The van der Waals surface area contributed by atoms with Crippen molar-refractivity contribution < 1.29 is 14.8 Å². The van der Waals surface area contributed by atoms with E-state index in [4.69, 9.17) is 0 Å². The quantitative estimate of drug-likeness (QED) is 0.334. The Morgan fingerprint density at radius 2 is 1.97 bits per heavy atom. The fourth-order valence-corrected chi connectivity index (χ4v) is 3.31. The summed E-state index contributed by atoms with van der Waals surface area (Å²) < 4.78 is 1.40. The van der Waals surface area contributed by atoms with Crippen molar-refractivity contribution in [3.63, 3.8) is 0 Å². The lowest BCUT2D eigenvalue weighted by Crippen LogP contribution is -2.47. The molecule has 9 heteroatoms. The normalized spacial score (nSPS) is 12.1. The highest BCUT2D eigenvalue weighted by atomic mass is 16.4. The molecule has 0 aliphatic rings. The summed E-state index contributed by atoms with van der Waals surface area (Å²) >= 11 is 0. The van der Waals surface area contributed by atoms with Crippen LogP contribution >= 0.6 is 0 Å². The molecule has 0 radical (unpaired) electrons. The Bertz CT molecular complexity index is 1080. The molecule has 3 N–H and O–H groups in total. The van der Waals surface area contributed by atoms with Crippen molar-refractivity contribution in [2.45, 2.75) is 31.6 Å². The number of carbonyl (C=O) groups is 1. The SMILES string of the molecule is N#CC(=Cc1cccc(CCCC(=O)NC(Cc2ccccc2)B(O)O)c1)n1cncn1. The molecule has 0 saturated heterocycles. The monoisotopic (exact) mass is 429 g/mol. The van der Waals surface area contributed by atoms with Crippen molar-refractivity contribution in [3.05, 3.63) is 83.9 Å². The molecule has 0 fully saturated rings. The number of allylic oxidation sites excluding steroid dienone is 1. The van der Waals surface area contributed by atoms with E-state index in [1.54, 1.807) is 6.08 Å². The molecule has 162 valence electrons.